The van der Waals surface area contributed by atoms with Crippen LogP contribution in [0.5, 0.6) is 0 Å². The van der Waals surface area contributed by atoms with Gasteiger partial charge in [0.1, 0.15) is 5.60 Å². The van der Waals surface area contributed by atoms with Crippen molar-refractivity contribution in [3.05, 3.63) is 10.6 Å². The van der Waals surface area contributed by atoms with Gasteiger partial charge < -0.3 is 4.74 Å². The quantitative estimate of drug-likeness (QED) is 0.707. The molecule has 0 spiro atoms. The summed E-state index contributed by atoms with van der Waals surface area (Å²) in [4.78, 5) is 12.1. The number of aromatic nitrogens is 2. The Morgan fingerprint density at radius 3 is 2.64 bits per heavy atom. The lowest BCUT2D eigenvalue weighted by molar-refractivity contribution is 0.00739. The van der Waals surface area contributed by atoms with E-state index in [4.69, 9.17) is 4.74 Å². The van der Waals surface area contributed by atoms with Crippen molar-refractivity contribution in [1.82, 2.24) is 9.59 Å². The van der Waals surface area contributed by atoms with Gasteiger partial charge in [-0.2, -0.15) is 0 Å². The van der Waals surface area contributed by atoms with Crippen LogP contribution in [0.3, 0.4) is 0 Å². The van der Waals surface area contributed by atoms with E-state index in [1.807, 2.05) is 27.7 Å². The molecule has 0 saturated carbocycles. The Morgan fingerprint density at radius 1 is 1.50 bits per heavy atom. The Bertz CT molecular complexity index is 328. The van der Waals surface area contributed by atoms with Crippen LogP contribution in [0.4, 0.5) is 0 Å². The molecule has 78 valence electrons. The monoisotopic (exact) mass is 214 g/mol. The van der Waals surface area contributed by atoms with E-state index in [9.17, 15) is 4.79 Å². The molecule has 0 aliphatic rings. The van der Waals surface area contributed by atoms with E-state index in [2.05, 4.69) is 9.59 Å². The van der Waals surface area contributed by atoms with Gasteiger partial charge in [0.25, 0.3) is 0 Å². The largest absolute Gasteiger partial charge is 0.456 e. The van der Waals surface area contributed by atoms with Crippen molar-refractivity contribution < 1.29 is 9.53 Å². The normalized spacial score (nSPS) is 11.4. The van der Waals surface area contributed by atoms with Crippen LogP contribution >= 0.6 is 11.5 Å². The zero-order valence-corrected chi connectivity index (χ0v) is 9.64. The van der Waals surface area contributed by atoms with Gasteiger partial charge in [-0.3, -0.25) is 0 Å². The minimum Gasteiger partial charge on any atom is -0.456 e. The lowest BCUT2D eigenvalue weighted by atomic mass is 10.2. The van der Waals surface area contributed by atoms with E-state index in [1.165, 1.54) is 0 Å². The predicted octanol–water partition coefficient (Wildman–Crippen LogP) is 2.06. The highest BCUT2D eigenvalue weighted by Gasteiger charge is 2.22. The van der Waals surface area contributed by atoms with Gasteiger partial charge in [-0.25, -0.2) is 4.79 Å². The van der Waals surface area contributed by atoms with Gasteiger partial charge in [-0.15, -0.1) is 5.10 Å². The SMILES string of the molecule is CCc1nnsc1C(=O)OC(C)(C)C. The second-order valence-corrected chi connectivity index (χ2v) is 4.66. The van der Waals surface area contributed by atoms with Crippen LogP contribution in [0.1, 0.15) is 43.1 Å². The van der Waals surface area contributed by atoms with Crippen molar-refractivity contribution in [1.29, 1.82) is 0 Å². The van der Waals surface area contributed by atoms with Crippen molar-refractivity contribution in [2.75, 3.05) is 0 Å². The topological polar surface area (TPSA) is 52.1 Å². The molecule has 14 heavy (non-hydrogen) atoms. The number of carbonyl (C=O) groups is 1. The molecule has 1 aromatic rings. The number of ether oxygens (including phenoxy) is 1. The average Bonchev–Trinajstić information content (AvgIpc) is 2.47. The number of hydrogen-bond donors (Lipinski definition) is 0. The molecule has 1 rings (SSSR count). The summed E-state index contributed by atoms with van der Waals surface area (Å²) in [6.45, 7) is 7.45. The van der Waals surface area contributed by atoms with Crippen molar-refractivity contribution >= 4 is 17.5 Å². The first-order valence-electron chi connectivity index (χ1n) is 4.48. The Morgan fingerprint density at radius 2 is 2.14 bits per heavy atom. The highest BCUT2D eigenvalue weighted by Crippen LogP contribution is 2.17. The van der Waals surface area contributed by atoms with Crippen LogP contribution in [0, 0.1) is 0 Å². The van der Waals surface area contributed by atoms with Gasteiger partial charge in [0, 0.05) is 0 Å². The van der Waals surface area contributed by atoms with E-state index in [1.54, 1.807) is 0 Å². The molecule has 0 atom stereocenters. The van der Waals surface area contributed by atoms with Gasteiger partial charge in [0.05, 0.1) is 5.69 Å². The molecular weight excluding hydrogens is 200 g/mol. The van der Waals surface area contributed by atoms with E-state index in [0.717, 1.165) is 11.5 Å². The van der Waals surface area contributed by atoms with Crippen LogP contribution in [-0.2, 0) is 11.2 Å². The van der Waals surface area contributed by atoms with E-state index in [-0.39, 0.29) is 5.97 Å². The van der Waals surface area contributed by atoms with Gasteiger partial charge in [-0.1, -0.05) is 11.4 Å². The molecule has 1 heterocycles. The van der Waals surface area contributed by atoms with Gasteiger partial charge in [-0.05, 0) is 38.7 Å². The number of hydrogen-bond acceptors (Lipinski definition) is 5. The predicted molar refractivity (Wildman–Crippen MR) is 54.5 cm³/mol. The second-order valence-electron chi connectivity index (χ2n) is 3.90. The van der Waals surface area contributed by atoms with E-state index in [0.29, 0.717) is 17.0 Å². The maximum absolute atomic E-state index is 11.6. The Kier molecular flexibility index (Phi) is 3.21. The van der Waals surface area contributed by atoms with Crippen LogP contribution in [0.2, 0.25) is 0 Å². The summed E-state index contributed by atoms with van der Waals surface area (Å²) in [5.74, 6) is -0.329. The minimum atomic E-state index is -0.466. The molecule has 0 bridgehead atoms. The number of carbonyl (C=O) groups excluding carboxylic acids is 1. The highest BCUT2D eigenvalue weighted by molar-refractivity contribution is 7.07. The fourth-order valence-corrected chi connectivity index (χ4v) is 1.55. The minimum absolute atomic E-state index is 0.329. The Hall–Kier alpha value is -0.970. The summed E-state index contributed by atoms with van der Waals surface area (Å²) in [5.41, 5.74) is 0.246. The fraction of sp³-hybridized carbons (Fsp3) is 0.667. The smallest absolute Gasteiger partial charge is 0.352 e. The molecule has 4 nitrogen and oxygen atoms in total. The number of nitrogens with zero attached hydrogens (tertiary/aromatic N) is 2. The third kappa shape index (κ3) is 2.77. The highest BCUT2D eigenvalue weighted by atomic mass is 32.1. The number of esters is 1. The summed E-state index contributed by atoms with van der Waals surface area (Å²) in [7, 11) is 0. The molecule has 0 N–H and O–H groups in total. The molecule has 0 aromatic carbocycles. The first kappa shape index (κ1) is 11.1. The summed E-state index contributed by atoms with van der Waals surface area (Å²) in [5, 5.41) is 3.85. The lowest BCUT2D eigenvalue weighted by Crippen LogP contribution is -2.23. The molecule has 0 saturated heterocycles. The van der Waals surface area contributed by atoms with Crippen molar-refractivity contribution in [2.24, 2.45) is 0 Å². The van der Waals surface area contributed by atoms with Gasteiger partial charge in [0.2, 0.25) is 0 Å². The zero-order valence-electron chi connectivity index (χ0n) is 8.83. The summed E-state index contributed by atoms with van der Waals surface area (Å²) < 4.78 is 8.95. The molecular formula is C9H14N2O2S. The van der Waals surface area contributed by atoms with Gasteiger partial charge in [0.15, 0.2) is 4.88 Å². The maximum atomic E-state index is 11.6. The second kappa shape index (κ2) is 4.04. The van der Waals surface area contributed by atoms with Crippen LogP contribution in [-0.4, -0.2) is 21.2 Å². The van der Waals surface area contributed by atoms with Crippen molar-refractivity contribution in [3.63, 3.8) is 0 Å². The molecule has 0 aliphatic carbocycles. The number of rotatable bonds is 2. The first-order valence-corrected chi connectivity index (χ1v) is 5.26. The molecule has 0 radical (unpaired) electrons. The van der Waals surface area contributed by atoms with Gasteiger partial charge >= 0.3 is 5.97 Å². The lowest BCUT2D eigenvalue weighted by Gasteiger charge is -2.18. The number of aryl methyl sites for hydroxylation is 1. The van der Waals surface area contributed by atoms with Crippen LogP contribution in [0.15, 0.2) is 0 Å². The van der Waals surface area contributed by atoms with E-state index >= 15 is 0 Å². The van der Waals surface area contributed by atoms with Crippen LogP contribution < -0.4 is 0 Å². The Labute approximate surface area is 87.5 Å². The molecule has 5 heteroatoms. The average molecular weight is 214 g/mol. The van der Waals surface area contributed by atoms with Crippen molar-refractivity contribution in [2.45, 2.75) is 39.7 Å². The molecule has 0 fully saturated rings. The molecule has 1 aromatic heterocycles. The molecule has 0 aliphatic heterocycles. The standard InChI is InChI=1S/C9H14N2O2S/c1-5-6-7(14-11-10-6)8(12)13-9(2,3)4/h5H2,1-4H3. The first-order chi connectivity index (χ1) is 6.44. The summed E-state index contributed by atoms with van der Waals surface area (Å²) in [6, 6.07) is 0. The Balaban J connectivity index is 2.80. The molecule has 0 amide bonds. The molecule has 0 unspecified atom stereocenters. The van der Waals surface area contributed by atoms with Crippen LogP contribution in [0.25, 0.3) is 0 Å². The summed E-state index contributed by atoms with van der Waals surface area (Å²) in [6.07, 6.45) is 0.699. The van der Waals surface area contributed by atoms with E-state index < -0.39 is 5.60 Å². The zero-order chi connectivity index (χ0) is 10.8. The third-order valence-corrected chi connectivity index (χ3v) is 2.22. The third-order valence-electron chi connectivity index (χ3n) is 1.47. The summed E-state index contributed by atoms with van der Waals surface area (Å²) >= 11 is 1.09. The van der Waals surface area contributed by atoms with Crippen molar-refractivity contribution in [3.8, 4) is 0 Å². The maximum Gasteiger partial charge on any atom is 0.352 e. The fourth-order valence-electron chi connectivity index (χ4n) is 0.919.